The van der Waals surface area contributed by atoms with Gasteiger partial charge >= 0.3 is 0 Å². The Morgan fingerprint density at radius 1 is 0.960 bits per heavy atom. The SMILES string of the molecule is O=C(Nc1cccc(C(=O)Nc2c[nH]ccc2=O)c1)c1cccnc1. The summed E-state index contributed by atoms with van der Waals surface area (Å²) in [5.41, 5.74) is 1.04. The molecule has 0 fully saturated rings. The smallest absolute Gasteiger partial charge is 0.257 e. The van der Waals surface area contributed by atoms with Gasteiger partial charge in [-0.05, 0) is 30.3 Å². The highest BCUT2D eigenvalue weighted by molar-refractivity contribution is 6.07. The van der Waals surface area contributed by atoms with E-state index in [1.165, 1.54) is 30.7 Å². The zero-order chi connectivity index (χ0) is 17.6. The van der Waals surface area contributed by atoms with Crippen LogP contribution in [0.25, 0.3) is 0 Å². The van der Waals surface area contributed by atoms with Crippen molar-refractivity contribution in [3.05, 3.63) is 88.6 Å². The quantitative estimate of drug-likeness (QED) is 0.681. The van der Waals surface area contributed by atoms with Gasteiger partial charge in [-0.25, -0.2) is 0 Å². The maximum absolute atomic E-state index is 12.3. The van der Waals surface area contributed by atoms with E-state index in [-0.39, 0.29) is 17.0 Å². The lowest BCUT2D eigenvalue weighted by atomic mass is 10.1. The molecule has 1 aromatic carbocycles. The number of pyridine rings is 2. The van der Waals surface area contributed by atoms with Gasteiger partial charge in [0.2, 0.25) is 5.43 Å². The summed E-state index contributed by atoms with van der Waals surface area (Å²) in [4.78, 5) is 42.7. The fourth-order valence-corrected chi connectivity index (χ4v) is 2.15. The number of anilines is 2. The molecule has 0 aliphatic rings. The maximum atomic E-state index is 12.3. The molecule has 0 unspecified atom stereocenters. The van der Waals surface area contributed by atoms with Crippen LogP contribution in [0.2, 0.25) is 0 Å². The molecule has 3 N–H and O–H groups in total. The summed E-state index contributed by atoms with van der Waals surface area (Å²) in [7, 11) is 0. The average Bonchev–Trinajstić information content (AvgIpc) is 2.64. The van der Waals surface area contributed by atoms with E-state index in [0.29, 0.717) is 16.8 Å². The van der Waals surface area contributed by atoms with Crippen LogP contribution in [-0.4, -0.2) is 21.8 Å². The Kier molecular flexibility index (Phi) is 4.66. The fraction of sp³-hybridized carbons (Fsp3) is 0. The molecule has 124 valence electrons. The minimum absolute atomic E-state index is 0.150. The van der Waals surface area contributed by atoms with Crippen LogP contribution in [0.3, 0.4) is 0 Å². The predicted molar refractivity (Wildman–Crippen MR) is 93.6 cm³/mol. The predicted octanol–water partition coefficient (Wildman–Crippen LogP) is 2.27. The molecule has 0 bridgehead atoms. The number of nitrogens with one attached hydrogen (secondary N) is 3. The molecule has 0 radical (unpaired) electrons. The van der Waals surface area contributed by atoms with Gasteiger partial charge in [-0.1, -0.05) is 6.07 Å². The second-order valence-electron chi connectivity index (χ2n) is 5.15. The van der Waals surface area contributed by atoms with Gasteiger partial charge in [0.15, 0.2) is 0 Å². The van der Waals surface area contributed by atoms with Crippen molar-refractivity contribution in [3.8, 4) is 0 Å². The average molecular weight is 334 g/mol. The summed E-state index contributed by atoms with van der Waals surface area (Å²) in [5.74, 6) is -0.778. The molecule has 0 atom stereocenters. The highest BCUT2D eigenvalue weighted by Gasteiger charge is 2.10. The summed E-state index contributed by atoms with van der Waals surface area (Å²) in [6.07, 6.45) is 5.92. The number of nitrogens with zero attached hydrogens (tertiary/aromatic N) is 1. The number of amides is 2. The molecule has 0 spiro atoms. The molecular weight excluding hydrogens is 320 g/mol. The normalized spacial score (nSPS) is 10.1. The monoisotopic (exact) mass is 334 g/mol. The second kappa shape index (κ2) is 7.22. The lowest BCUT2D eigenvalue weighted by molar-refractivity contribution is 0.101. The van der Waals surface area contributed by atoms with Gasteiger partial charge in [0.05, 0.1) is 5.56 Å². The topological polar surface area (TPSA) is 104 Å². The van der Waals surface area contributed by atoms with Crippen molar-refractivity contribution in [1.29, 1.82) is 0 Å². The molecule has 0 saturated carbocycles. The van der Waals surface area contributed by atoms with Crippen molar-refractivity contribution in [1.82, 2.24) is 9.97 Å². The van der Waals surface area contributed by atoms with Crippen LogP contribution in [-0.2, 0) is 0 Å². The van der Waals surface area contributed by atoms with E-state index in [1.807, 2.05) is 0 Å². The van der Waals surface area contributed by atoms with Gasteiger partial charge in [0.25, 0.3) is 11.8 Å². The highest BCUT2D eigenvalue weighted by Crippen LogP contribution is 2.13. The first-order valence-electron chi connectivity index (χ1n) is 7.43. The summed E-state index contributed by atoms with van der Waals surface area (Å²) >= 11 is 0. The van der Waals surface area contributed by atoms with Crippen LogP contribution in [0.4, 0.5) is 11.4 Å². The number of rotatable bonds is 4. The Morgan fingerprint density at radius 3 is 2.52 bits per heavy atom. The summed E-state index contributed by atoms with van der Waals surface area (Å²) < 4.78 is 0. The zero-order valence-corrected chi connectivity index (χ0v) is 13.0. The van der Waals surface area contributed by atoms with Crippen LogP contribution in [0, 0.1) is 0 Å². The van der Waals surface area contributed by atoms with Gasteiger partial charge in [-0.3, -0.25) is 19.4 Å². The zero-order valence-electron chi connectivity index (χ0n) is 13.0. The molecular formula is C18H14N4O3. The number of aromatic amines is 1. The van der Waals surface area contributed by atoms with Crippen molar-refractivity contribution in [3.63, 3.8) is 0 Å². The van der Waals surface area contributed by atoms with E-state index in [4.69, 9.17) is 0 Å². The van der Waals surface area contributed by atoms with Crippen molar-refractivity contribution >= 4 is 23.2 Å². The van der Waals surface area contributed by atoms with Crippen molar-refractivity contribution in [2.45, 2.75) is 0 Å². The van der Waals surface area contributed by atoms with E-state index in [1.54, 1.807) is 36.5 Å². The second-order valence-corrected chi connectivity index (χ2v) is 5.15. The van der Waals surface area contributed by atoms with Crippen LogP contribution in [0.5, 0.6) is 0 Å². The lowest BCUT2D eigenvalue weighted by Crippen LogP contribution is -2.18. The fourth-order valence-electron chi connectivity index (χ4n) is 2.15. The standard InChI is InChI=1S/C18H14N4O3/c23-16-6-8-20-11-15(16)22-17(24)12-3-1-5-14(9-12)21-18(25)13-4-2-7-19-10-13/h1-11H,(H,20,23)(H,21,25)(H,22,24). The minimum atomic E-state index is -0.450. The number of aromatic nitrogens is 2. The van der Waals surface area contributed by atoms with Gasteiger partial charge in [0.1, 0.15) is 5.69 Å². The van der Waals surface area contributed by atoms with Crippen LogP contribution >= 0.6 is 0 Å². The van der Waals surface area contributed by atoms with Gasteiger partial charge < -0.3 is 15.6 Å². The van der Waals surface area contributed by atoms with Gasteiger partial charge in [0, 0.05) is 42.1 Å². The molecule has 0 aliphatic carbocycles. The first-order chi connectivity index (χ1) is 12.1. The van der Waals surface area contributed by atoms with Gasteiger partial charge in [-0.15, -0.1) is 0 Å². The highest BCUT2D eigenvalue weighted by atomic mass is 16.2. The van der Waals surface area contributed by atoms with E-state index < -0.39 is 5.91 Å². The third-order valence-corrected chi connectivity index (χ3v) is 3.38. The molecule has 2 aromatic heterocycles. The molecule has 0 saturated heterocycles. The number of carbonyl (C=O) groups excluding carboxylic acids is 2. The molecule has 0 aliphatic heterocycles. The minimum Gasteiger partial charge on any atom is -0.366 e. The Bertz CT molecular complexity index is 967. The van der Waals surface area contributed by atoms with E-state index in [2.05, 4.69) is 20.6 Å². The lowest BCUT2D eigenvalue weighted by Gasteiger charge is -2.08. The maximum Gasteiger partial charge on any atom is 0.257 e. The third kappa shape index (κ3) is 3.97. The molecule has 25 heavy (non-hydrogen) atoms. The molecule has 7 heteroatoms. The molecule has 2 amide bonds. The van der Waals surface area contributed by atoms with E-state index in [0.717, 1.165) is 0 Å². The number of H-pyrrole nitrogens is 1. The van der Waals surface area contributed by atoms with Crippen molar-refractivity contribution in [2.24, 2.45) is 0 Å². The first-order valence-corrected chi connectivity index (χ1v) is 7.43. The van der Waals surface area contributed by atoms with Crippen LogP contribution in [0.1, 0.15) is 20.7 Å². The molecule has 7 nitrogen and oxygen atoms in total. The Hall–Kier alpha value is -3.74. The summed E-state index contributed by atoms with van der Waals surface area (Å²) in [5, 5.41) is 5.24. The number of hydrogen-bond donors (Lipinski definition) is 3. The van der Waals surface area contributed by atoms with Crippen molar-refractivity contribution in [2.75, 3.05) is 10.6 Å². The number of benzene rings is 1. The van der Waals surface area contributed by atoms with Crippen LogP contribution in [0.15, 0.2) is 72.0 Å². The first kappa shape index (κ1) is 16.1. The number of carbonyl (C=O) groups is 2. The third-order valence-electron chi connectivity index (χ3n) is 3.38. The Labute approximate surface area is 142 Å². The molecule has 2 heterocycles. The Morgan fingerprint density at radius 2 is 1.76 bits per heavy atom. The summed E-state index contributed by atoms with van der Waals surface area (Å²) in [6, 6.07) is 11.0. The largest absolute Gasteiger partial charge is 0.366 e. The molecule has 3 rings (SSSR count). The van der Waals surface area contributed by atoms with Crippen LogP contribution < -0.4 is 16.1 Å². The van der Waals surface area contributed by atoms with Gasteiger partial charge in [-0.2, -0.15) is 0 Å². The number of hydrogen-bond acceptors (Lipinski definition) is 4. The molecule has 3 aromatic rings. The summed E-state index contributed by atoms with van der Waals surface area (Å²) in [6.45, 7) is 0. The Balaban J connectivity index is 1.75. The van der Waals surface area contributed by atoms with Crippen molar-refractivity contribution < 1.29 is 9.59 Å². The van der Waals surface area contributed by atoms with E-state index >= 15 is 0 Å². The van der Waals surface area contributed by atoms with E-state index in [9.17, 15) is 14.4 Å².